The van der Waals surface area contributed by atoms with E-state index in [4.69, 9.17) is 4.74 Å². The number of nitrogens with zero attached hydrogens (tertiary/aromatic N) is 1. The standard InChI is InChI=1S/C15H24N2O4/c1-3-9-16(10-4-2)11-14(18)12-21-15-7-5-13(6-8-15)17(19)20/h5-8,14,18H,3-4,9-12H2,1-2H3/p+1/t14-/m1/s1. The molecule has 6 nitrogen and oxygen atoms in total. The molecule has 0 aliphatic carbocycles. The van der Waals surface area contributed by atoms with Crippen molar-refractivity contribution in [3.05, 3.63) is 34.4 Å². The first kappa shape index (κ1) is 17.4. The number of non-ortho nitro benzene ring substituents is 1. The van der Waals surface area contributed by atoms with E-state index in [1.54, 1.807) is 12.1 Å². The largest absolute Gasteiger partial charge is 0.491 e. The number of benzene rings is 1. The first-order valence-electron chi connectivity index (χ1n) is 7.45. The number of nitrogens with one attached hydrogen (secondary N) is 1. The van der Waals surface area contributed by atoms with E-state index < -0.39 is 11.0 Å². The van der Waals surface area contributed by atoms with Crippen molar-refractivity contribution in [1.29, 1.82) is 0 Å². The van der Waals surface area contributed by atoms with Crippen molar-refractivity contribution in [3.8, 4) is 5.75 Å². The summed E-state index contributed by atoms with van der Waals surface area (Å²) in [7, 11) is 0. The molecule has 1 rings (SSSR count). The average Bonchev–Trinajstić information content (AvgIpc) is 2.46. The van der Waals surface area contributed by atoms with Gasteiger partial charge >= 0.3 is 0 Å². The Morgan fingerprint density at radius 2 is 1.81 bits per heavy atom. The van der Waals surface area contributed by atoms with Gasteiger partial charge < -0.3 is 14.7 Å². The van der Waals surface area contributed by atoms with Crippen LogP contribution in [0.1, 0.15) is 26.7 Å². The number of ether oxygens (including phenoxy) is 1. The van der Waals surface area contributed by atoms with Crippen LogP contribution in [0.4, 0.5) is 5.69 Å². The number of hydrogen-bond acceptors (Lipinski definition) is 4. The minimum Gasteiger partial charge on any atom is -0.491 e. The summed E-state index contributed by atoms with van der Waals surface area (Å²) in [4.78, 5) is 11.5. The smallest absolute Gasteiger partial charge is 0.269 e. The molecule has 1 atom stereocenters. The monoisotopic (exact) mass is 297 g/mol. The molecule has 0 aliphatic heterocycles. The number of rotatable bonds is 10. The van der Waals surface area contributed by atoms with Crippen molar-refractivity contribution in [2.45, 2.75) is 32.8 Å². The van der Waals surface area contributed by atoms with Crippen LogP contribution in [0.5, 0.6) is 5.75 Å². The number of nitro groups is 1. The molecule has 0 bridgehead atoms. The lowest BCUT2D eigenvalue weighted by Gasteiger charge is -2.21. The van der Waals surface area contributed by atoms with Crippen LogP contribution in [-0.2, 0) is 0 Å². The SMILES string of the molecule is CCC[NH+](CCC)C[C@@H](O)COc1ccc([N+](=O)[O-])cc1. The van der Waals surface area contributed by atoms with E-state index in [0.717, 1.165) is 25.9 Å². The fourth-order valence-corrected chi connectivity index (χ4v) is 2.28. The molecule has 6 heteroatoms. The number of quaternary nitrogens is 1. The Balaban J connectivity index is 2.40. The zero-order valence-corrected chi connectivity index (χ0v) is 12.7. The van der Waals surface area contributed by atoms with Crippen molar-refractivity contribution >= 4 is 5.69 Å². The van der Waals surface area contributed by atoms with E-state index in [9.17, 15) is 15.2 Å². The van der Waals surface area contributed by atoms with Gasteiger partial charge in [0.2, 0.25) is 0 Å². The van der Waals surface area contributed by atoms with Crippen LogP contribution >= 0.6 is 0 Å². The normalized spacial score (nSPS) is 12.4. The molecular formula is C15H25N2O4+. The van der Waals surface area contributed by atoms with E-state index in [-0.39, 0.29) is 12.3 Å². The molecule has 1 aromatic carbocycles. The summed E-state index contributed by atoms with van der Waals surface area (Å²) in [6.45, 7) is 7.22. The van der Waals surface area contributed by atoms with Gasteiger partial charge in [0.15, 0.2) is 0 Å². The Kier molecular flexibility index (Phi) is 7.71. The van der Waals surface area contributed by atoms with Crippen molar-refractivity contribution < 1.29 is 19.7 Å². The van der Waals surface area contributed by atoms with Crippen molar-refractivity contribution in [2.24, 2.45) is 0 Å². The molecule has 0 saturated carbocycles. The number of aliphatic hydroxyl groups is 1. The third-order valence-corrected chi connectivity index (χ3v) is 3.22. The van der Waals surface area contributed by atoms with Gasteiger partial charge in [0, 0.05) is 12.1 Å². The maximum absolute atomic E-state index is 10.5. The van der Waals surface area contributed by atoms with Crippen LogP contribution in [0.3, 0.4) is 0 Å². The zero-order valence-electron chi connectivity index (χ0n) is 12.7. The lowest BCUT2D eigenvalue weighted by atomic mass is 10.3. The highest BCUT2D eigenvalue weighted by Crippen LogP contribution is 2.17. The van der Waals surface area contributed by atoms with Crippen LogP contribution < -0.4 is 9.64 Å². The molecule has 2 N–H and O–H groups in total. The Morgan fingerprint density at radius 3 is 2.29 bits per heavy atom. The highest BCUT2D eigenvalue weighted by molar-refractivity contribution is 5.35. The summed E-state index contributed by atoms with van der Waals surface area (Å²) in [6.07, 6.45) is 1.64. The van der Waals surface area contributed by atoms with Crippen LogP contribution in [-0.4, -0.2) is 42.4 Å². The summed E-state index contributed by atoms with van der Waals surface area (Å²) in [6, 6.07) is 5.89. The third kappa shape index (κ3) is 6.55. The number of aliphatic hydroxyl groups excluding tert-OH is 1. The highest BCUT2D eigenvalue weighted by atomic mass is 16.6. The molecule has 0 saturated heterocycles. The summed E-state index contributed by atoms with van der Waals surface area (Å²) in [5, 5.41) is 20.6. The van der Waals surface area contributed by atoms with Gasteiger partial charge in [-0.25, -0.2) is 0 Å². The number of hydrogen-bond donors (Lipinski definition) is 2. The Hall–Kier alpha value is -1.66. The van der Waals surface area contributed by atoms with Crippen LogP contribution in [0, 0.1) is 10.1 Å². The van der Waals surface area contributed by atoms with E-state index in [0.29, 0.717) is 12.3 Å². The van der Waals surface area contributed by atoms with Gasteiger partial charge in [-0.05, 0) is 25.0 Å². The predicted octanol–water partition coefficient (Wildman–Crippen LogP) is 1.04. The summed E-state index contributed by atoms with van der Waals surface area (Å²) in [5.74, 6) is 0.534. The third-order valence-electron chi connectivity index (χ3n) is 3.22. The van der Waals surface area contributed by atoms with Crippen LogP contribution in [0.15, 0.2) is 24.3 Å². The van der Waals surface area contributed by atoms with E-state index in [2.05, 4.69) is 13.8 Å². The Labute approximate surface area is 125 Å². The van der Waals surface area contributed by atoms with Gasteiger partial charge in [0.25, 0.3) is 5.69 Å². The molecule has 0 radical (unpaired) electrons. The van der Waals surface area contributed by atoms with E-state index in [1.165, 1.54) is 17.0 Å². The predicted molar refractivity (Wildman–Crippen MR) is 80.7 cm³/mol. The summed E-state index contributed by atoms with van der Waals surface area (Å²) < 4.78 is 5.47. The van der Waals surface area contributed by atoms with Gasteiger partial charge in [0.05, 0.1) is 18.0 Å². The first-order valence-corrected chi connectivity index (χ1v) is 7.45. The maximum Gasteiger partial charge on any atom is 0.269 e. The van der Waals surface area contributed by atoms with Gasteiger partial charge in [-0.1, -0.05) is 13.8 Å². The fraction of sp³-hybridized carbons (Fsp3) is 0.600. The molecule has 0 heterocycles. The second kappa shape index (κ2) is 9.31. The molecule has 21 heavy (non-hydrogen) atoms. The molecule has 0 aliphatic rings. The Morgan fingerprint density at radius 1 is 1.24 bits per heavy atom. The average molecular weight is 297 g/mol. The van der Waals surface area contributed by atoms with Crippen molar-refractivity contribution in [3.63, 3.8) is 0 Å². The summed E-state index contributed by atoms with van der Waals surface area (Å²) in [5.41, 5.74) is 0.0319. The van der Waals surface area contributed by atoms with E-state index in [1.807, 2.05) is 0 Å². The molecule has 0 spiro atoms. The second-order valence-corrected chi connectivity index (χ2v) is 5.17. The molecule has 0 aromatic heterocycles. The zero-order chi connectivity index (χ0) is 15.7. The van der Waals surface area contributed by atoms with Gasteiger partial charge in [-0.15, -0.1) is 0 Å². The minimum absolute atomic E-state index is 0.0319. The lowest BCUT2D eigenvalue weighted by Crippen LogP contribution is -3.13. The first-order chi connectivity index (χ1) is 10.1. The van der Waals surface area contributed by atoms with Gasteiger partial charge in [0.1, 0.15) is 25.0 Å². The quantitative estimate of drug-likeness (QED) is 0.500. The highest BCUT2D eigenvalue weighted by Gasteiger charge is 2.14. The number of nitro benzene ring substituents is 1. The Bertz CT molecular complexity index is 416. The fourth-order valence-electron chi connectivity index (χ4n) is 2.28. The van der Waals surface area contributed by atoms with Gasteiger partial charge in [-0.3, -0.25) is 10.1 Å². The molecule has 118 valence electrons. The lowest BCUT2D eigenvalue weighted by molar-refractivity contribution is -0.903. The molecule has 0 unspecified atom stereocenters. The van der Waals surface area contributed by atoms with Crippen molar-refractivity contribution in [1.82, 2.24) is 0 Å². The minimum atomic E-state index is -0.534. The maximum atomic E-state index is 10.5. The van der Waals surface area contributed by atoms with Crippen LogP contribution in [0.2, 0.25) is 0 Å². The van der Waals surface area contributed by atoms with Crippen LogP contribution in [0.25, 0.3) is 0 Å². The molecule has 0 amide bonds. The molecule has 0 fully saturated rings. The van der Waals surface area contributed by atoms with Gasteiger partial charge in [-0.2, -0.15) is 0 Å². The topological polar surface area (TPSA) is 77.0 Å². The summed E-state index contributed by atoms with van der Waals surface area (Å²) >= 11 is 0. The van der Waals surface area contributed by atoms with Crippen molar-refractivity contribution in [2.75, 3.05) is 26.2 Å². The molecule has 1 aromatic rings. The van der Waals surface area contributed by atoms with E-state index >= 15 is 0 Å². The second-order valence-electron chi connectivity index (χ2n) is 5.17. The molecular weight excluding hydrogens is 272 g/mol.